The van der Waals surface area contributed by atoms with Gasteiger partial charge < -0.3 is 24.7 Å². The highest BCUT2D eigenvalue weighted by atomic mass is 35.5. The largest absolute Gasteiger partial charge is 0.497 e. The number of thiazole rings is 1. The number of benzene rings is 2. The number of aromatic nitrogens is 1. The fourth-order valence-corrected chi connectivity index (χ4v) is 4.53. The molecule has 0 spiro atoms. The van der Waals surface area contributed by atoms with Gasteiger partial charge in [-0.15, -0.1) is 11.3 Å². The number of carbonyl (C=O) groups excluding carboxylic acids is 3. The molecule has 9 nitrogen and oxygen atoms in total. The van der Waals surface area contributed by atoms with E-state index in [0.29, 0.717) is 59.5 Å². The van der Waals surface area contributed by atoms with Crippen molar-refractivity contribution in [1.82, 2.24) is 15.2 Å². The Hall–Kier alpha value is -3.63. The first-order chi connectivity index (χ1) is 17.8. The van der Waals surface area contributed by atoms with Crippen LogP contribution in [0, 0.1) is 0 Å². The van der Waals surface area contributed by atoms with Gasteiger partial charge in [-0.25, -0.2) is 0 Å². The molecule has 3 amide bonds. The molecule has 1 heterocycles. The number of methoxy groups -OCH3 is 2. The Balaban J connectivity index is 1.82. The van der Waals surface area contributed by atoms with Crippen LogP contribution in [0.4, 0.5) is 0 Å². The molecule has 0 saturated carbocycles. The van der Waals surface area contributed by atoms with Crippen molar-refractivity contribution in [2.75, 3.05) is 27.3 Å². The van der Waals surface area contributed by atoms with Gasteiger partial charge >= 0.3 is 0 Å². The molecule has 11 heteroatoms. The second-order valence-electron chi connectivity index (χ2n) is 8.01. The monoisotopic (exact) mass is 544 g/mol. The number of hydrogen-bond donors (Lipinski definition) is 2. The van der Waals surface area contributed by atoms with Crippen molar-refractivity contribution in [3.8, 4) is 11.5 Å². The summed E-state index contributed by atoms with van der Waals surface area (Å²) in [6, 6.07) is 12.3. The van der Waals surface area contributed by atoms with Crippen LogP contribution in [0.3, 0.4) is 0 Å². The average Bonchev–Trinajstić information content (AvgIpc) is 3.29. The molecule has 0 aliphatic rings. The zero-order valence-electron chi connectivity index (χ0n) is 20.9. The number of carbonyl (C=O) groups is 3. The molecule has 3 aromatic rings. The molecule has 0 unspecified atom stereocenters. The minimum atomic E-state index is -0.508. The normalized spacial score (nSPS) is 11.2. The molecule has 0 aliphatic carbocycles. The lowest BCUT2D eigenvalue weighted by molar-refractivity contribution is -0.118. The van der Waals surface area contributed by atoms with Gasteiger partial charge in [0.1, 0.15) is 17.2 Å². The summed E-state index contributed by atoms with van der Waals surface area (Å²) < 4.78 is 12.2. The van der Waals surface area contributed by atoms with Crippen molar-refractivity contribution in [3.05, 3.63) is 74.5 Å². The zero-order valence-corrected chi connectivity index (χ0v) is 22.4. The van der Waals surface area contributed by atoms with Crippen molar-refractivity contribution in [2.24, 2.45) is 4.99 Å². The highest BCUT2D eigenvalue weighted by Crippen LogP contribution is 2.25. The molecule has 0 atom stereocenters. The van der Waals surface area contributed by atoms with Crippen LogP contribution in [0.25, 0.3) is 0 Å². The summed E-state index contributed by atoms with van der Waals surface area (Å²) in [7, 11) is 2.99. The second-order valence-corrected chi connectivity index (χ2v) is 9.28. The van der Waals surface area contributed by atoms with Gasteiger partial charge in [0.25, 0.3) is 11.8 Å². The van der Waals surface area contributed by atoms with Gasteiger partial charge in [0.05, 0.1) is 19.8 Å². The number of amides is 3. The fraction of sp³-hybridized carbons (Fsp3) is 0.308. The van der Waals surface area contributed by atoms with E-state index in [1.807, 2.05) is 24.3 Å². The van der Waals surface area contributed by atoms with Crippen molar-refractivity contribution in [3.63, 3.8) is 0 Å². The summed E-state index contributed by atoms with van der Waals surface area (Å²) in [4.78, 5) is 41.9. The number of hydrogen-bond acceptors (Lipinski definition) is 6. The van der Waals surface area contributed by atoms with Crippen molar-refractivity contribution < 1.29 is 23.9 Å². The van der Waals surface area contributed by atoms with Crippen LogP contribution in [0.15, 0.2) is 52.8 Å². The van der Waals surface area contributed by atoms with Crippen molar-refractivity contribution >= 4 is 40.7 Å². The third-order valence-electron chi connectivity index (χ3n) is 5.41. The molecule has 0 saturated heterocycles. The van der Waals surface area contributed by atoms with Gasteiger partial charge in [0.2, 0.25) is 5.91 Å². The molecule has 3 rings (SSSR count). The highest BCUT2D eigenvalue weighted by molar-refractivity contribution is 7.07. The molecule has 2 N–H and O–H groups in total. The lowest BCUT2D eigenvalue weighted by Crippen LogP contribution is -2.31. The van der Waals surface area contributed by atoms with E-state index in [2.05, 4.69) is 15.6 Å². The van der Waals surface area contributed by atoms with Gasteiger partial charge in [-0.2, -0.15) is 4.99 Å². The molecular formula is C26H29ClN4O5S. The molecular weight excluding hydrogens is 516 g/mol. The molecule has 1 aromatic heterocycles. The maximum Gasteiger partial charge on any atom is 0.283 e. The predicted octanol–water partition coefficient (Wildman–Crippen LogP) is 3.46. The molecule has 0 bridgehead atoms. The maximum absolute atomic E-state index is 13.0. The summed E-state index contributed by atoms with van der Waals surface area (Å²) in [5.41, 5.74) is 1.71. The maximum atomic E-state index is 13.0. The SMILES string of the molecule is COc1ccc(C(=O)/N=c2\scc(C(=O)NCCc3ccc(Cl)cc3)n2CCCNC(C)=O)c(OC)c1. The van der Waals surface area contributed by atoms with E-state index < -0.39 is 5.91 Å². The van der Waals surface area contributed by atoms with E-state index in [4.69, 9.17) is 21.1 Å². The summed E-state index contributed by atoms with van der Waals surface area (Å²) in [6.07, 6.45) is 1.19. The number of rotatable bonds is 11. The molecule has 0 fully saturated rings. The van der Waals surface area contributed by atoms with Gasteiger partial charge in [0, 0.05) is 43.0 Å². The summed E-state index contributed by atoms with van der Waals surface area (Å²) in [5, 5.41) is 8.00. The number of nitrogens with zero attached hydrogens (tertiary/aromatic N) is 2. The lowest BCUT2D eigenvalue weighted by Gasteiger charge is -2.10. The van der Waals surface area contributed by atoms with Crippen LogP contribution in [0.5, 0.6) is 11.5 Å². The summed E-state index contributed by atoms with van der Waals surface area (Å²) in [5.74, 6) is -0.0355. The number of nitrogens with one attached hydrogen (secondary N) is 2. The first-order valence-corrected chi connectivity index (χ1v) is 12.8. The lowest BCUT2D eigenvalue weighted by atomic mass is 10.1. The minimum absolute atomic E-state index is 0.137. The summed E-state index contributed by atoms with van der Waals surface area (Å²) >= 11 is 7.12. The number of ether oxygens (including phenoxy) is 2. The first kappa shape index (κ1) is 27.9. The minimum Gasteiger partial charge on any atom is -0.497 e. The quantitative estimate of drug-likeness (QED) is 0.359. The Morgan fingerprint density at radius 1 is 1.03 bits per heavy atom. The highest BCUT2D eigenvalue weighted by Gasteiger charge is 2.17. The Kier molecular flexibility index (Phi) is 10.3. The first-order valence-electron chi connectivity index (χ1n) is 11.6. The van der Waals surface area contributed by atoms with E-state index in [-0.39, 0.29) is 17.4 Å². The van der Waals surface area contributed by atoms with Crippen LogP contribution in [-0.2, 0) is 17.8 Å². The van der Waals surface area contributed by atoms with Crippen molar-refractivity contribution in [1.29, 1.82) is 0 Å². The third kappa shape index (κ3) is 7.93. The number of halogens is 1. The Bertz CT molecular complexity index is 1320. The van der Waals surface area contributed by atoms with Crippen LogP contribution in [0.1, 0.15) is 39.8 Å². The van der Waals surface area contributed by atoms with E-state index in [1.165, 1.54) is 32.5 Å². The van der Waals surface area contributed by atoms with Gasteiger partial charge in [-0.3, -0.25) is 14.4 Å². The van der Waals surface area contributed by atoms with Crippen molar-refractivity contribution in [2.45, 2.75) is 26.3 Å². The van der Waals surface area contributed by atoms with E-state index in [9.17, 15) is 14.4 Å². The topological polar surface area (TPSA) is 111 Å². The molecule has 2 aromatic carbocycles. The van der Waals surface area contributed by atoms with E-state index in [1.54, 1.807) is 28.1 Å². The average molecular weight is 545 g/mol. The zero-order chi connectivity index (χ0) is 26.8. The van der Waals surface area contributed by atoms with Crippen LogP contribution >= 0.6 is 22.9 Å². The Labute approximate surface area is 224 Å². The van der Waals surface area contributed by atoms with E-state index in [0.717, 1.165) is 5.56 Å². The van der Waals surface area contributed by atoms with E-state index >= 15 is 0 Å². The Morgan fingerprint density at radius 2 is 1.78 bits per heavy atom. The van der Waals surface area contributed by atoms with Gasteiger partial charge in [-0.1, -0.05) is 23.7 Å². The smallest absolute Gasteiger partial charge is 0.283 e. The van der Waals surface area contributed by atoms with Crippen LogP contribution in [-0.4, -0.2) is 49.6 Å². The molecule has 37 heavy (non-hydrogen) atoms. The van der Waals surface area contributed by atoms with Crippen LogP contribution in [0.2, 0.25) is 5.02 Å². The Morgan fingerprint density at radius 3 is 2.46 bits per heavy atom. The van der Waals surface area contributed by atoms with Gasteiger partial charge in [0.15, 0.2) is 4.80 Å². The fourth-order valence-electron chi connectivity index (χ4n) is 3.50. The second kappa shape index (κ2) is 13.6. The molecule has 0 radical (unpaired) electrons. The summed E-state index contributed by atoms with van der Waals surface area (Å²) in [6.45, 7) is 2.68. The molecule has 0 aliphatic heterocycles. The van der Waals surface area contributed by atoms with Gasteiger partial charge in [-0.05, 0) is 42.7 Å². The predicted molar refractivity (Wildman–Crippen MR) is 143 cm³/mol. The molecule has 196 valence electrons. The standard InChI is InChI=1S/C26H29ClN4O5S/c1-17(32)28-12-4-14-31-22(25(34)29-13-11-18-5-7-19(27)8-6-18)16-37-26(31)30-24(33)21-10-9-20(35-2)15-23(21)36-3/h5-10,15-16H,4,11-14H2,1-3H3,(H,28,32)(H,29,34)/b30-26-. The third-order valence-corrected chi connectivity index (χ3v) is 6.53. The van der Waals surface area contributed by atoms with Crippen LogP contribution < -0.4 is 24.9 Å².